The summed E-state index contributed by atoms with van der Waals surface area (Å²) in [5.74, 6) is 1.64. The summed E-state index contributed by atoms with van der Waals surface area (Å²) in [7, 11) is 3.33. The summed E-state index contributed by atoms with van der Waals surface area (Å²) in [5.41, 5.74) is 7.23. The number of hydrogen-bond donors (Lipinski definition) is 0. The van der Waals surface area contributed by atoms with Crippen molar-refractivity contribution in [2.45, 2.75) is 37.3 Å². The Balaban J connectivity index is 1.20. The standard InChI is InChI=1S/C30H29NO4/c1-33-22-13-14-23(29(17-22)34-2)19-15-20-11-12-21(16-19)31(20)30(32)35-18-28-26-9-5-3-7-24(26)25-8-4-6-10-27(25)28/h3-10,13-15,17,20-21,28H,11-12,16,18H2,1-2H3. The van der Waals surface area contributed by atoms with Crippen LogP contribution in [0.25, 0.3) is 16.7 Å². The van der Waals surface area contributed by atoms with Crippen molar-refractivity contribution in [3.8, 4) is 22.6 Å². The van der Waals surface area contributed by atoms with E-state index in [-0.39, 0.29) is 24.1 Å². The van der Waals surface area contributed by atoms with Crippen LogP contribution in [0.15, 0.2) is 72.8 Å². The minimum absolute atomic E-state index is 0.0474. The van der Waals surface area contributed by atoms with Crippen molar-refractivity contribution in [3.05, 3.63) is 89.5 Å². The first-order valence-electron chi connectivity index (χ1n) is 12.2. The van der Waals surface area contributed by atoms with Gasteiger partial charge in [-0.05, 0) is 59.2 Å². The molecule has 0 aromatic heterocycles. The van der Waals surface area contributed by atoms with Crippen LogP contribution in [-0.2, 0) is 4.74 Å². The first-order valence-corrected chi connectivity index (χ1v) is 12.2. The summed E-state index contributed by atoms with van der Waals surface area (Å²) < 4.78 is 17.0. The average molecular weight is 468 g/mol. The van der Waals surface area contributed by atoms with Gasteiger partial charge in [0.05, 0.1) is 20.3 Å². The fourth-order valence-electron chi connectivity index (χ4n) is 6.05. The fraction of sp³-hybridized carbons (Fsp3) is 0.300. The molecule has 2 heterocycles. The van der Waals surface area contributed by atoms with E-state index in [9.17, 15) is 4.79 Å². The molecule has 0 N–H and O–H groups in total. The number of rotatable bonds is 5. The van der Waals surface area contributed by atoms with Crippen LogP contribution < -0.4 is 9.47 Å². The zero-order valence-electron chi connectivity index (χ0n) is 20.1. The molecule has 0 saturated carbocycles. The smallest absolute Gasteiger partial charge is 0.410 e. The van der Waals surface area contributed by atoms with Crippen LogP contribution in [0, 0.1) is 0 Å². The molecule has 1 amide bonds. The summed E-state index contributed by atoms with van der Waals surface area (Å²) in [6.45, 7) is 0.353. The van der Waals surface area contributed by atoms with Crippen LogP contribution in [0.5, 0.6) is 11.5 Å². The second kappa shape index (κ2) is 8.81. The third-order valence-corrected chi connectivity index (χ3v) is 7.70. The van der Waals surface area contributed by atoms with Crippen LogP contribution in [0.2, 0.25) is 0 Å². The number of carbonyl (C=O) groups excluding carboxylic acids is 1. The summed E-state index contributed by atoms with van der Waals surface area (Å²) in [4.78, 5) is 15.3. The van der Waals surface area contributed by atoms with Gasteiger partial charge in [-0.3, -0.25) is 4.90 Å². The van der Waals surface area contributed by atoms with E-state index in [4.69, 9.17) is 14.2 Å². The highest BCUT2D eigenvalue weighted by molar-refractivity contribution is 5.80. The monoisotopic (exact) mass is 467 g/mol. The molecule has 2 bridgehead atoms. The van der Waals surface area contributed by atoms with Crippen molar-refractivity contribution in [2.75, 3.05) is 20.8 Å². The minimum atomic E-state index is -0.212. The lowest BCUT2D eigenvalue weighted by Gasteiger charge is -2.34. The van der Waals surface area contributed by atoms with Gasteiger partial charge in [-0.15, -0.1) is 0 Å². The highest BCUT2D eigenvalue weighted by Gasteiger charge is 2.41. The minimum Gasteiger partial charge on any atom is -0.497 e. The van der Waals surface area contributed by atoms with E-state index >= 15 is 0 Å². The molecule has 3 aromatic carbocycles. The SMILES string of the molecule is COc1ccc(C2=CC3CCC(C2)N3C(=O)OCC2c3ccccc3-c3ccccc32)c(OC)c1. The lowest BCUT2D eigenvalue weighted by molar-refractivity contribution is 0.0866. The molecule has 3 aliphatic rings. The number of benzene rings is 3. The Bertz CT molecular complexity index is 1270. The van der Waals surface area contributed by atoms with Crippen molar-refractivity contribution in [1.29, 1.82) is 0 Å². The topological polar surface area (TPSA) is 48.0 Å². The van der Waals surface area contributed by atoms with Gasteiger partial charge in [-0.25, -0.2) is 4.79 Å². The number of hydrogen-bond acceptors (Lipinski definition) is 4. The lowest BCUT2D eigenvalue weighted by Crippen LogP contribution is -2.43. The molecule has 1 aliphatic carbocycles. The zero-order valence-corrected chi connectivity index (χ0v) is 20.1. The number of amides is 1. The van der Waals surface area contributed by atoms with Gasteiger partial charge >= 0.3 is 6.09 Å². The molecule has 3 aromatic rings. The maximum absolute atomic E-state index is 13.3. The largest absolute Gasteiger partial charge is 0.497 e. The van der Waals surface area contributed by atoms with Gasteiger partial charge in [0.25, 0.3) is 0 Å². The Hall–Kier alpha value is -3.73. The Morgan fingerprint density at radius 3 is 2.26 bits per heavy atom. The van der Waals surface area contributed by atoms with Crippen LogP contribution in [0.4, 0.5) is 4.79 Å². The van der Waals surface area contributed by atoms with Crippen molar-refractivity contribution >= 4 is 11.7 Å². The maximum Gasteiger partial charge on any atom is 0.410 e. The quantitative estimate of drug-likeness (QED) is 0.444. The Kier molecular flexibility index (Phi) is 5.48. The molecule has 2 unspecified atom stereocenters. The molecule has 5 heteroatoms. The van der Waals surface area contributed by atoms with Crippen LogP contribution >= 0.6 is 0 Å². The molecule has 1 saturated heterocycles. The van der Waals surface area contributed by atoms with Crippen molar-refractivity contribution < 1.29 is 19.0 Å². The predicted molar refractivity (Wildman–Crippen MR) is 136 cm³/mol. The molecule has 2 aliphatic heterocycles. The van der Waals surface area contributed by atoms with Gasteiger partial charge in [-0.2, -0.15) is 0 Å². The maximum atomic E-state index is 13.3. The predicted octanol–water partition coefficient (Wildman–Crippen LogP) is 6.27. The summed E-state index contributed by atoms with van der Waals surface area (Å²) in [6.07, 6.45) is 4.74. The normalized spacial score (nSPS) is 20.2. The van der Waals surface area contributed by atoms with E-state index in [0.717, 1.165) is 36.3 Å². The zero-order chi connectivity index (χ0) is 23.9. The Morgan fingerprint density at radius 2 is 1.60 bits per heavy atom. The van der Waals surface area contributed by atoms with E-state index in [1.54, 1.807) is 14.2 Å². The molecule has 0 radical (unpaired) electrons. The molecule has 2 atom stereocenters. The van der Waals surface area contributed by atoms with Crippen LogP contribution in [0.1, 0.15) is 41.9 Å². The average Bonchev–Trinajstić information content (AvgIpc) is 3.37. The summed E-state index contributed by atoms with van der Waals surface area (Å²) >= 11 is 0. The van der Waals surface area contributed by atoms with Crippen LogP contribution in [0.3, 0.4) is 0 Å². The number of carbonyl (C=O) groups is 1. The second-order valence-electron chi connectivity index (χ2n) is 9.47. The lowest BCUT2D eigenvalue weighted by atomic mass is 9.94. The van der Waals surface area contributed by atoms with Crippen LogP contribution in [-0.4, -0.2) is 43.9 Å². The van der Waals surface area contributed by atoms with Gasteiger partial charge in [0.1, 0.15) is 18.1 Å². The first-order chi connectivity index (χ1) is 17.2. The van der Waals surface area contributed by atoms with E-state index < -0.39 is 0 Å². The van der Waals surface area contributed by atoms with Crippen molar-refractivity contribution in [1.82, 2.24) is 4.90 Å². The Morgan fingerprint density at radius 1 is 0.886 bits per heavy atom. The molecular weight excluding hydrogens is 438 g/mol. The van der Waals surface area contributed by atoms with E-state index in [1.165, 1.54) is 27.8 Å². The molecule has 6 rings (SSSR count). The molecule has 35 heavy (non-hydrogen) atoms. The molecule has 1 fully saturated rings. The highest BCUT2D eigenvalue weighted by atomic mass is 16.6. The van der Waals surface area contributed by atoms with Gasteiger partial charge < -0.3 is 14.2 Å². The third-order valence-electron chi connectivity index (χ3n) is 7.70. The van der Waals surface area contributed by atoms with E-state index in [0.29, 0.717) is 6.61 Å². The summed E-state index contributed by atoms with van der Waals surface area (Å²) in [5, 5.41) is 0. The number of nitrogens with zero attached hydrogens (tertiary/aromatic N) is 1. The van der Waals surface area contributed by atoms with Crippen molar-refractivity contribution in [2.24, 2.45) is 0 Å². The molecule has 178 valence electrons. The number of ether oxygens (including phenoxy) is 3. The third kappa shape index (κ3) is 3.66. The first kappa shape index (κ1) is 21.8. The molecule has 0 spiro atoms. The second-order valence-corrected chi connectivity index (χ2v) is 9.47. The van der Waals surface area contributed by atoms with Crippen molar-refractivity contribution in [3.63, 3.8) is 0 Å². The number of fused-ring (bicyclic) bond motifs is 5. The van der Waals surface area contributed by atoms with Gasteiger partial charge in [0.2, 0.25) is 0 Å². The van der Waals surface area contributed by atoms with Gasteiger partial charge in [-0.1, -0.05) is 54.6 Å². The Labute approximate surface area is 205 Å². The van der Waals surface area contributed by atoms with E-state index in [1.807, 2.05) is 23.1 Å². The molecular formula is C30H29NO4. The van der Waals surface area contributed by atoms with E-state index in [2.05, 4.69) is 54.6 Å². The number of methoxy groups -OCH3 is 2. The fourth-order valence-corrected chi connectivity index (χ4v) is 6.05. The van der Waals surface area contributed by atoms with Gasteiger partial charge in [0.15, 0.2) is 0 Å². The van der Waals surface area contributed by atoms with Gasteiger partial charge in [0, 0.05) is 23.6 Å². The highest BCUT2D eigenvalue weighted by Crippen LogP contribution is 2.45. The molecule has 5 nitrogen and oxygen atoms in total. The summed E-state index contributed by atoms with van der Waals surface area (Å²) in [6, 6.07) is 23.0.